The van der Waals surface area contributed by atoms with E-state index in [1.165, 1.54) is 32.7 Å². The minimum Gasteiger partial charge on any atom is -0.493 e. The zero-order chi connectivity index (χ0) is 31.5. The summed E-state index contributed by atoms with van der Waals surface area (Å²) in [6.45, 7) is 1.97. The number of nitriles is 1. The predicted octanol–water partition coefficient (Wildman–Crippen LogP) is 6.17. The number of nitrogens with zero attached hydrogens (tertiary/aromatic N) is 2. The van der Waals surface area contributed by atoms with Crippen LogP contribution in [-0.2, 0) is 17.6 Å². The van der Waals surface area contributed by atoms with E-state index in [4.69, 9.17) is 30.4 Å². The molecule has 0 aliphatic heterocycles. The number of esters is 1. The lowest BCUT2D eigenvalue weighted by molar-refractivity contribution is 0.0526. The van der Waals surface area contributed by atoms with Crippen molar-refractivity contribution in [2.45, 2.75) is 45.4 Å². The molecule has 1 aliphatic carbocycles. The Balaban J connectivity index is 1.65. The normalized spacial score (nSPS) is 12.9. The summed E-state index contributed by atoms with van der Waals surface area (Å²) in [5.74, 6) is 0.124. The second kappa shape index (κ2) is 13.0. The number of hydrogen-bond donors (Lipinski definition) is 3. The summed E-state index contributed by atoms with van der Waals surface area (Å²) in [6.07, 6.45) is 5.79. The van der Waals surface area contributed by atoms with E-state index in [2.05, 4.69) is 16.4 Å². The Kier molecular flexibility index (Phi) is 9.12. The van der Waals surface area contributed by atoms with E-state index in [-0.39, 0.29) is 28.6 Å². The number of nitrogen functional groups attached to an aromatic ring is 2. The summed E-state index contributed by atoms with van der Waals surface area (Å²) in [7, 11) is 4.47. The summed E-state index contributed by atoms with van der Waals surface area (Å²) in [5, 5.41) is 13.9. The third-order valence-corrected chi connectivity index (χ3v) is 9.86. The number of carbonyl (C=O) groups is 2. The number of aromatic nitrogens is 1. The highest BCUT2D eigenvalue weighted by molar-refractivity contribution is 7.21. The molecule has 1 aromatic carbocycles. The van der Waals surface area contributed by atoms with Crippen LogP contribution in [0.25, 0.3) is 21.3 Å². The lowest BCUT2D eigenvalue weighted by Gasteiger charge is -2.16. The van der Waals surface area contributed by atoms with Gasteiger partial charge in [-0.15, -0.1) is 22.7 Å². The number of fused-ring (bicyclic) bond motifs is 2. The molecule has 5 N–H and O–H groups in total. The highest BCUT2D eigenvalue weighted by Gasteiger charge is 2.30. The SMILES string of the molecule is CCOC(=O)c1c(NC(=O)c2sc3nc(N)c(C#N)c(-c4cc(OC)c(OC)c(OC)c4)c3c2N)sc2c1CCCCCC2. The van der Waals surface area contributed by atoms with Gasteiger partial charge in [-0.2, -0.15) is 5.26 Å². The minimum absolute atomic E-state index is 0.0142. The van der Waals surface area contributed by atoms with Gasteiger partial charge < -0.3 is 35.7 Å². The Bertz CT molecular complexity index is 1780. The fourth-order valence-electron chi connectivity index (χ4n) is 5.55. The average Bonchev–Trinajstić information content (AvgIpc) is 3.51. The smallest absolute Gasteiger partial charge is 0.341 e. The van der Waals surface area contributed by atoms with Crippen molar-refractivity contribution in [3.05, 3.63) is 38.6 Å². The Morgan fingerprint density at radius 2 is 1.70 bits per heavy atom. The zero-order valence-electron chi connectivity index (χ0n) is 24.9. The Labute approximate surface area is 262 Å². The maximum Gasteiger partial charge on any atom is 0.341 e. The van der Waals surface area contributed by atoms with Gasteiger partial charge in [0, 0.05) is 15.8 Å². The lowest BCUT2D eigenvalue weighted by Crippen LogP contribution is -2.15. The molecule has 44 heavy (non-hydrogen) atoms. The first-order valence-corrected chi connectivity index (χ1v) is 15.8. The van der Waals surface area contributed by atoms with Gasteiger partial charge in [0.2, 0.25) is 5.75 Å². The second-order valence-corrected chi connectivity index (χ2v) is 12.2. The molecular formula is C31H33N5O6S2. The van der Waals surface area contributed by atoms with Crippen molar-refractivity contribution in [1.29, 1.82) is 5.26 Å². The third-order valence-electron chi connectivity index (χ3n) is 7.55. The van der Waals surface area contributed by atoms with Gasteiger partial charge in [0.1, 0.15) is 32.2 Å². The van der Waals surface area contributed by atoms with E-state index < -0.39 is 11.9 Å². The summed E-state index contributed by atoms with van der Waals surface area (Å²) in [4.78, 5) is 33.0. The van der Waals surface area contributed by atoms with Crippen LogP contribution in [0.5, 0.6) is 17.2 Å². The number of nitrogens with two attached hydrogens (primary N) is 2. The number of pyridine rings is 1. The largest absolute Gasteiger partial charge is 0.493 e. The van der Waals surface area contributed by atoms with E-state index in [9.17, 15) is 14.9 Å². The highest BCUT2D eigenvalue weighted by Crippen LogP contribution is 2.47. The van der Waals surface area contributed by atoms with E-state index >= 15 is 0 Å². The number of aryl methyl sites for hydroxylation is 1. The van der Waals surface area contributed by atoms with Gasteiger partial charge in [0.25, 0.3) is 5.91 Å². The van der Waals surface area contributed by atoms with E-state index in [0.29, 0.717) is 49.2 Å². The maximum atomic E-state index is 13.9. The van der Waals surface area contributed by atoms with Gasteiger partial charge in [-0.25, -0.2) is 9.78 Å². The molecule has 1 aliphatic rings. The van der Waals surface area contributed by atoms with Crippen molar-refractivity contribution in [1.82, 2.24) is 4.98 Å². The first-order valence-electron chi connectivity index (χ1n) is 14.1. The average molecular weight is 636 g/mol. The number of nitrogens with one attached hydrogen (secondary N) is 1. The number of ether oxygens (including phenoxy) is 4. The molecular weight excluding hydrogens is 603 g/mol. The van der Waals surface area contributed by atoms with Crippen molar-refractivity contribution in [3.63, 3.8) is 0 Å². The number of hydrogen-bond acceptors (Lipinski definition) is 12. The number of methoxy groups -OCH3 is 3. The summed E-state index contributed by atoms with van der Waals surface area (Å²) in [5.41, 5.74) is 15.4. The molecule has 1 amide bonds. The molecule has 11 nitrogen and oxygen atoms in total. The van der Waals surface area contributed by atoms with Crippen LogP contribution < -0.4 is 31.0 Å². The molecule has 3 aromatic heterocycles. The molecule has 0 fully saturated rings. The summed E-state index contributed by atoms with van der Waals surface area (Å²) in [6, 6.07) is 5.49. The minimum atomic E-state index is -0.502. The summed E-state index contributed by atoms with van der Waals surface area (Å²) >= 11 is 2.46. The molecule has 0 saturated carbocycles. The van der Waals surface area contributed by atoms with Crippen LogP contribution in [0.2, 0.25) is 0 Å². The molecule has 0 atom stereocenters. The fraction of sp³-hybridized carbons (Fsp3) is 0.355. The van der Waals surface area contributed by atoms with Crippen molar-refractivity contribution in [2.75, 3.05) is 44.7 Å². The van der Waals surface area contributed by atoms with Crippen LogP contribution in [0.1, 0.15) is 68.6 Å². The van der Waals surface area contributed by atoms with Crippen LogP contribution in [0.3, 0.4) is 0 Å². The highest BCUT2D eigenvalue weighted by atomic mass is 32.1. The fourth-order valence-corrected chi connectivity index (χ4v) is 7.83. The standard InChI is InChI=1S/C31H33N5O6S2/c1-5-42-31(38)22-16-10-8-6-7-9-11-20(16)43-29(22)36-28(37)26-24(33)23-21(17(14-32)27(34)35-30(23)44-26)15-12-18(39-2)25(41-4)19(13-15)40-3/h12-13H,5-11,33H2,1-4H3,(H2,34,35)(H,36,37). The van der Waals surface area contributed by atoms with Gasteiger partial charge in [-0.1, -0.05) is 12.8 Å². The van der Waals surface area contributed by atoms with Crippen molar-refractivity contribution in [3.8, 4) is 34.4 Å². The Morgan fingerprint density at radius 3 is 2.32 bits per heavy atom. The van der Waals surface area contributed by atoms with Gasteiger partial charge in [-0.3, -0.25) is 4.79 Å². The molecule has 230 valence electrons. The van der Waals surface area contributed by atoms with Crippen molar-refractivity contribution >= 4 is 61.3 Å². The number of anilines is 3. The van der Waals surface area contributed by atoms with E-state index in [1.807, 2.05) is 0 Å². The van der Waals surface area contributed by atoms with Crippen molar-refractivity contribution < 1.29 is 28.5 Å². The van der Waals surface area contributed by atoms with Gasteiger partial charge in [0.05, 0.1) is 39.2 Å². The molecule has 13 heteroatoms. The van der Waals surface area contributed by atoms with Crippen LogP contribution in [-0.4, -0.2) is 44.8 Å². The first kappa shape index (κ1) is 30.9. The number of carbonyl (C=O) groups excluding carboxylic acids is 2. The van der Waals surface area contributed by atoms with Crippen LogP contribution in [0.15, 0.2) is 12.1 Å². The maximum absolute atomic E-state index is 13.9. The monoisotopic (exact) mass is 635 g/mol. The Hall–Kier alpha value is -4.54. The van der Waals surface area contributed by atoms with Gasteiger partial charge >= 0.3 is 5.97 Å². The quantitative estimate of drug-likeness (QED) is 0.190. The summed E-state index contributed by atoms with van der Waals surface area (Å²) < 4.78 is 21.9. The second-order valence-electron chi connectivity index (χ2n) is 10.1. The zero-order valence-corrected chi connectivity index (χ0v) is 26.6. The predicted molar refractivity (Wildman–Crippen MR) is 172 cm³/mol. The third kappa shape index (κ3) is 5.46. The van der Waals surface area contributed by atoms with Crippen LogP contribution >= 0.6 is 22.7 Å². The first-order chi connectivity index (χ1) is 21.3. The van der Waals surface area contributed by atoms with E-state index in [1.54, 1.807) is 19.1 Å². The molecule has 0 unspecified atom stereocenters. The molecule has 4 aromatic rings. The van der Waals surface area contributed by atoms with Crippen LogP contribution in [0, 0.1) is 11.3 Å². The molecule has 0 radical (unpaired) electrons. The molecule has 5 rings (SSSR count). The van der Waals surface area contributed by atoms with Gasteiger partial charge in [0.15, 0.2) is 11.5 Å². The number of rotatable bonds is 8. The molecule has 0 saturated heterocycles. The molecule has 0 bridgehead atoms. The number of amides is 1. The molecule has 0 spiro atoms. The number of thiophene rings is 2. The van der Waals surface area contributed by atoms with Gasteiger partial charge in [-0.05, 0) is 55.9 Å². The van der Waals surface area contributed by atoms with Crippen molar-refractivity contribution in [2.24, 2.45) is 0 Å². The number of benzene rings is 1. The van der Waals surface area contributed by atoms with Crippen LogP contribution in [0.4, 0.5) is 16.5 Å². The molecule has 3 heterocycles. The van der Waals surface area contributed by atoms with E-state index in [0.717, 1.165) is 60.3 Å². The lowest BCUT2D eigenvalue weighted by atomic mass is 9.96. The topological polar surface area (TPSA) is 172 Å². The Morgan fingerprint density at radius 1 is 1.02 bits per heavy atom.